The Kier molecular flexibility index (Phi) is 3.70. The highest BCUT2D eigenvalue weighted by atomic mass is 16.5. The van der Waals surface area contributed by atoms with Crippen LogP contribution in [0.4, 0.5) is 0 Å². The van der Waals surface area contributed by atoms with Gasteiger partial charge >= 0.3 is 0 Å². The minimum absolute atomic E-state index is 0.137. The van der Waals surface area contributed by atoms with E-state index >= 15 is 0 Å². The third-order valence-corrected chi connectivity index (χ3v) is 3.65. The van der Waals surface area contributed by atoms with Crippen LogP contribution in [-0.2, 0) is 0 Å². The SMILES string of the molecule is COc1cc2oc(-c3cccc(C)c3)c(O)c(=O)c2cc1OC. The van der Waals surface area contributed by atoms with E-state index in [2.05, 4.69) is 0 Å². The van der Waals surface area contributed by atoms with Crippen molar-refractivity contribution in [3.05, 3.63) is 52.2 Å². The van der Waals surface area contributed by atoms with Gasteiger partial charge in [-0.2, -0.15) is 0 Å². The average Bonchev–Trinajstić information content (AvgIpc) is 2.57. The molecule has 0 radical (unpaired) electrons. The van der Waals surface area contributed by atoms with E-state index < -0.39 is 11.2 Å². The van der Waals surface area contributed by atoms with Crippen LogP contribution < -0.4 is 14.9 Å². The molecule has 0 fully saturated rings. The van der Waals surface area contributed by atoms with Crippen molar-refractivity contribution >= 4 is 11.0 Å². The third kappa shape index (κ3) is 2.50. The molecule has 118 valence electrons. The molecule has 0 aliphatic heterocycles. The first-order valence-electron chi connectivity index (χ1n) is 7.04. The lowest BCUT2D eigenvalue weighted by Crippen LogP contribution is -2.03. The molecule has 0 unspecified atom stereocenters. The summed E-state index contributed by atoms with van der Waals surface area (Å²) in [6.45, 7) is 1.92. The van der Waals surface area contributed by atoms with E-state index in [1.807, 2.05) is 25.1 Å². The molecule has 5 nitrogen and oxygen atoms in total. The van der Waals surface area contributed by atoms with E-state index in [-0.39, 0.29) is 11.1 Å². The molecule has 5 heteroatoms. The van der Waals surface area contributed by atoms with Crippen molar-refractivity contribution in [3.63, 3.8) is 0 Å². The highest BCUT2D eigenvalue weighted by Crippen LogP contribution is 2.35. The minimum Gasteiger partial charge on any atom is -0.502 e. The molecule has 0 spiro atoms. The standard InChI is InChI=1S/C18H16O5/c1-10-5-4-6-11(7-10)18-17(20)16(19)12-8-14(21-2)15(22-3)9-13(12)23-18/h4-9,20H,1-3H3. The second-order valence-corrected chi connectivity index (χ2v) is 5.18. The number of benzene rings is 2. The summed E-state index contributed by atoms with van der Waals surface area (Å²) in [6.07, 6.45) is 0. The number of aryl methyl sites for hydroxylation is 1. The fourth-order valence-corrected chi connectivity index (χ4v) is 2.49. The number of ether oxygens (including phenoxy) is 2. The lowest BCUT2D eigenvalue weighted by atomic mass is 10.1. The van der Waals surface area contributed by atoms with Crippen LogP contribution in [-0.4, -0.2) is 19.3 Å². The van der Waals surface area contributed by atoms with Crippen molar-refractivity contribution in [1.29, 1.82) is 0 Å². The van der Waals surface area contributed by atoms with Crippen molar-refractivity contribution < 1.29 is 19.0 Å². The number of rotatable bonds is 3. The molecule has 1 N–H and O–H groups in total. The summed E-state index contributed by atoms with van der Waals surface area (Å²) in [7, 11) is 2.98. The Morgan fingerprint density at radius 2 is 1.74 bits per heavy atom. The Morgan fingerprint density at radius 1 is 1.04 bits per heavy atom. The van der Waals surface area contributed by atoms with E-state index in [9.17, 15) is 9.90 Å². The van der Waals surface area contributed by atoms with Gasteiger partial charge in [-0.15, -0.1) is 0 Å². The van der Waals surface area contributed by atoms with Crippen LogP contribution in [0.25, 0.3) is 22.3 Å². The molecule has 0 atom stereocenters. The quantitative estimate of drug-likeness (QED) is 0.801. The van der Waals surface area contributed by atoms with Crippen molar-refractivity contribution in [1.82, 2.24) is 0 Å². The van der Waals surface area contributed by atoms with Gasteiger partial charge in [0.2, 0.25) is 11.2 Å². The normalized spacial score (nSPS) is 10.7. The average molecular weight is 312 g/mol. The molecule has 0 aliphatic rings. The predicted octanol–water partition coefficient (Wildman–Crippen LogP) is 3.49. The molecule has 1 aromatic heterocycles. The molecule has 0 amide bonds. The Hall–Kier alpha value is -2.95. The summed E-state index contributed by atoms with van der Waals surface area (Å²) in [5, 5.41) is 10.5. The molecule has 0 saturated heterocycles. The maximum absolute atomic E-state index is 12.5. The topological polar surface area (TPSA) is 68.9 Å². The first-order chi connectivity index (χ1) is 11.0. The lowest BCUT2D eigenvalue weighted by Gasteiger charge is -2.10. The molecule has 0 bridgehead atoms. The maximum atomic E-state index is 12.5. The van der Waals surface area contributed by atoms with Crippen molar-refractivity contribution in [3.8, 4) is 28.6 Å². The maximum Gasteiger partial charge on any atom is 0.235 e. The summed E-state index contributed by atoms with van der Waals surface area (Å²) in [4.78, 5) is 12.5. The van der Waals surface area contributed by atoms with Gasteiger partial charge in [0.15, 0.2) is 17.3 Å². The third-order valence-electron chi connectivity index (χ3n) is 3.65. The molecule has 23 heavy (non-hydrogen) atoms. The number of methoxy groups -OCH3 is 2. The van der Waals surface area contributed by atoms with Crippen molar-refractivity contribution in [2.75, 3.05) is 14.2 Å². The number of hydrogen-bond acceptors (Lipinski definition) is 5. The highest BCUT2D eigenvalue weighted by Gasteiger charge is 2.18. The summed E-state index contributed by atoms with van der Waals surface area (Å²) < 4.78 is 16.2. The molecule has 1 heterocycles. The molecule has 0 saturated carbocycles. The zero-order chi connectivity index (χ0) is 16.6. The Labute approximate surface area is 132 Å². The summed E-state index contributed by atoms with van der Waals surface area (Å²) in [5.74, 6) is 0.563. The zero-order valence-corrected chi connectivity index (χ0v) is 13.0. The predicted molar refractivity (Wildman–Crippen MR) is 87.4 cm³/mol. The lowest BCUT2D eigenvalue weighted by molar-refractivity contribution is 0.355. The van der Waals surface area contributed by atoms with Gasteiger partial charge in [-0.05, 0) is 19.1 Å². The van der Waals surface area contributed by atoms with E-state index in [0.29, 0.717) is 22.6 Å². The molecule has 3 rings (SSSR count). The van der Waals surface area contributed by atoms with Crippen LogP contribution in [0, 0.1) is 6.92 Å². The monoisotopic (exact) mass is 312 g/mol. The molecule has 2 aromatic carbocycles. The zero-order valence-electron chi connectivity index (χ0n) is 13.0. The Balaban J connectivity index is 2.34. The fraction of sp³-hybridized carbons (Fsp3) is 0.167. The van der Waals surface area contributed by atoms with Crippen LogP contribution >= 0.6 is 0 Å². The smallest absolute Gasteiger partial charge is 0.235 e. The van der Waals surface area contributed by atoms with E-state index in [0.717, 1.165) is 5.56 Å². The number of fused-ring (bicyclic) bond motifs is 1. The van der Waals surface area contributed by atoms with Crippen LogP contribution in [0.2, 0.25) is 0 Å². The second kappa shape index (κ2) is 5.68. The van der Waals surface area contributed by atoms with Gasteiger partial charge < -0.3 is 19.0 Å². The molecular formula is C18H16O5. The Morgan fingerprint density at radius 3 is 2.39 bits per heavy atom. The minimum atomic E-state index is -0.510. The van der Waals surface area contributed by atoms with Gasteiger partial charge in [0.05, 0.1) is 19.6 Å². The van der Waals surface area contributed by atoms with Gasteiger partial charge in [0, 0.05) is 11.6 Å². The van der Waals surface area contributed by atoms with Gasteiger partial charge in [-0.1, -0.05) is 23.8 Å². The highest BCUT2D eigenvalue weighted by molar-refractivity contribution is 5.85. The van der Waals surface area contributed by atoms with Gasteiger partial charge in [0.25, 0.3) is 0 Å². The van der Waals surface area contributed by atoms with E-state index in [1.54, 1.807) is 12.1 Å². The summed E-state index contributed by atoms with van der Waals surface area (Å²) >= 11 is 0. The van der Waals surface area contributed by atoms with Gasteiger partial charge in [-0.3, -0.25) is 4.79 Å². The van der Waals surface area contributed by atoms with Crippen molar-refractivity contribution in [2.24, 2.45) is 0 Å². The summed E-state index contributed by atoms with van der Waals surface area (Å²) in [6, 6.07) is 10.5. The molecule has 3 aromatic rings. The number of aromatic hydroxyl groups is 1. The Bertz CT molecular complexity index is 940. The van der Waals surface area contributed by atoms with Gasteiger partial charge in [0.1, 0.15) is 5.58 Å². The van der Waals surface area contributed by atoms with Crippen molar-refractivity contribution in [2.45, 2.75) is 6.92 Å². The molecular weight excluding hydrogens is 296 g/mol. The fourth-order valence-electron chi connectivity index (χ4n) is 2.49. The second-order valence-electron chi connectivity index (χ2n) is 5.18. The van der Waals surface area contributed by atoms with Crippen LogP contribution in [0.3, 0.4) is 0 Å². The van der Waals surface area contributed by atoms with Gasteiger partial charge in [-0.25, -0.2) is 0 Å². The number of hydrogen-bond donors (Lipinski definition) is 1. The summed E-state index contributed by atoms with van der Waals surface area (Å²) in [5.41, 5.74) is 1.44. The van der Waals surface area contributed by atoms with E-state index in [1.165, 1.54) is 20.3 Å². The molecule has 0 aliphatic carbocycles. The van der Waals surface area contributed by atoms with Crippen LogP contribution in [0.5, 0.6) is 17.2 Å². The van der Waals surface area contributed by atoms with Crippen LogP contribution in [0.1, 0.15) is 5.56 Å². The first-order valence-corrected chi connectivity index (χ1v) is 7.04. The first kappa shape index (κ1) is 15.0. The largest absolute Gasteiger partial charge is 0.502 e. The van der Waals surface area contributed by atoms with Crippen LogP contribution in [0.15, 0.2) is 45.6 Å². The van der Waals surface area contributed by atoms with E-state index in [4.69, 9.17) is 13.9 Å².